The normalized spacial score (nSPS) is 17.9. The van der Waals surface area contributed by atoms with Crippen LogP contribution in [-0.4, -0.2) is 42.4 Å². The lowest BCUT2D eigenvalue weighted by atomic mass is 9.93. The van der Waals surface area contributed by atoms with Crippen molar-refractivity contribution in [2.75, 3.05) is 26.2 Å². The zero-order valence-electron chi connectivity index (χ0n) is 16.4. The molecule has 1 saturated heterocycles. The number of fused-ring (bicyclic) bond motifs is 1. The highest BCUT2D eigenvalue weighted by Gasteiger charge is 2.18. The quantitative estimate of drug-likeness (QED) is 0.771. The molecule has 0 aromatic heterocycles. The van der Waals surface area contributed by atoms with E-state index in [4.69, 9.17) is 4.74 Å². The number of ether oxygens (including phenoxy) is 1. The first kappa shape index (κ1) is 18.5. The number of likely N-dealkylation sites (tertiary alicyclic amines) is 1. The van der Waals surface area contributed by atoms with E-state index in [1.165, 1.54) is 47.1 Å². The Kier molecular flexibility index (Phi) is 5.80. The van der Waals surface area contributed by atoms with Gasteiger partial charge in [-0.1, -0.05) is 30.3 Å². The topological polar surface area (TPSA) is 32.7 Å². The van der Waals surface area contributed by atoms with Gasteiger partial charge in [0.1, 0.15) is 5.75 Å². The Morgan fingerprint density at radius 2 is 1.81 bits per heavy atom. The van der Waals surface area contributed by atoms with Crippen molar-refractivity contribution in [2.24, 2.45) is 0 Å². The number of hydrogen-bond acceptors (Lipinski definition) is 3. The second kappa shape index (κ2) is 8.45. The highest BCUT2D eigenvalue weighted by molar-refractivity contribution is 5.74. The summed E-state index contributed by atoms with van der Waals surface area (Å²) in [6.07, 6.45) is 6.43. The molecule has 0 amide bonds. The SMILES string of the molecule is Cc1c(OCCCN2CCC(O)CC2)cccc1-c1cccc2c1CCC2. The summed E-state index contributed by atoms with van der Waals surface area (Å²) in [4.78, 5) is 2.44. The van der Waals surface area contributed by atoms with Crippen LogP contribution in [0.15, 0.2) is 36.4 Å². The molecule has 2 aromatic carbocycles. The van der Waals surface area contributed by atoms with Crippen LogP contribution < -0.4 is 4.74 Å². The smallest absolute Gasteiger partial charge is 0.122 e. The number of rotatable bonds is 6. The fraction of sp³-hybridized carbons (Fsp3) is 0.500. The standard InChI is InChI=1S/C24H31NO2/c1-18-21(23-10-3-7-19-6-2-9-22(19)23)8-4-11-24(18)27-17-5-14-25-15-12-20(26)13-16-25/h3-4,7-8,10-11,20,26H,2,5-6,9,12-17H2,1H3. The zero-order valence-corrected chi connectivity index (χ0v) is 16.4. The van der Waals surface area contributed by atoms with Crippen LogP contribution in [0.4, 0.5) is 0 Å². The minimum Gasteiger partial charge on any atom is -0.493 e. The molecule has 1 heterocycles. The Labute approximate surface area is 163 Å². The first-order valence-corrected chi connectivity index (χ1v) is 10.5. The first-order chi connectivity index (χ1) is 13.2. The van der Waals surface area contributed by atoms with E-state index in [-0.39, 0.29) is 6.10 Å². The second-order valence-corrected chi connectivity index (χ2v) is 8.00. The van der Waals surface area contributed by atoms with E-state index in [0.29, 0.717) is 0 Å². The van der Waals surface area contributed by atoms with Gasteiger partial charge in [-0.25, -0.2) is 0 Å². The molecule has 1 aliphatic carbocycles. The third kappa shape index (κ3) is 4.20. The molecule has 1 aliphatic heterocycles. The summed E-state index contributed by atoms with van der Waals surface area (Å²) in [5.41, 5.74) is 7.00. The summed E-state index contributed by atoms with van der Waals surface area (Å²) in [5, 5.41) is 9.60. The summed E-state index contributed by atoms with van der Waals surface area (Å²) in [6, 6.07) is 13.2. The Morgan fingerprint density at radius 1 is 1.04 bits per heavy atom. The van der Waals surface area contributed by atoms with Crippen molar-refractivity contribution in [2.45, 2.75) is 51.6 Å². The van der Waals surface area contributed by atoms with Crippen LogP contribution in [-0.2, 0) is 12.8 Å². The average Bonchev–Trinajstić information content (AvgIpc) is 3.17. The van der Waals surface area contributed by atoms with Crippen molar-refractivity contribution in [1.82, 2.24) is 4.90 Å². The van der Waals surface area contributed by atoms with Crippen molar-refractivity contribution in [3.8, 4) is 16.9 Å². The fourth-order valence-corrected chi connectivity index (χ4v) is 4.55. The molecule has 4 rings (SSSR count). The first-order valence-electron chi connectivity index (χ1n) is 10.5. The lowest BCUT2D eigenvalue weighted by molar-refractivity contribution is 0.0800. The maximum absolute atomic E-state index is 9.60. The molecule has 1 fully saturated rings. The molecule has 0 radical (unpaired) electrons. The van der Waals surface area contributed by atoms with Crippen LogP contribution in [0.5, 0.6) is 5.75 Å². The van der Waals surface area contributed by atoms with Gasteiger partial charge in [0.15, 0.2) is 0 Å². The molecular formula is C24H31NO2. The lowest BCUT2D eigenvalue weighted by Crippen LogP contribution is -2.36. The maximum atomic E-state index is 9.60. The number of piperidine rings is 1. The number of nitrogens with zero attached hydrogens (tertiary/aromatic N) is 1. The van der Waals surface area contributed by atoms with Gasteiger partial charge in [0.2, 0.25) is 0 Å². The number of aliphatic hydroxyl groups is 1. The third-order valence-electron chi connectivity index (χ3n) is 6.15. The summed E-state index contributed by atoms with van der Waals surface area (Å²) < 4.78 is 6.15. The minimum atomic E-state index is -0.0951. The second-order valence-electron chi connectivity index (χ2n) is 8.00. The van der Waals surface area contributed by atoms with Gasteiger partial charge in [-0.05, 0) is 79.3 Å². The molecule has 27 heavy (non-hydrogen) atoms. The van der Waals surface area contributed by atoms with Gasteiger partial charge in [0, 0.05) is 19.6 Å². The molecule has 2 aromatic rings. The predicted octanol–water partition coefficient (Wildman–Crippen LogP) is 4.38. The fourth-order valence-electron chi connectivity index (χ4n) is 4.55. The van der Waals surface area contributed by atoms with E-state index in [9.17, 15) is 5.11 Å². The van der Waals surface area contributed by atoms with E-state index < -0.39 is 0 Å². The van der Waals surface area contributed by atoms with Gasteiger partial charge < -0.3 is 14.7 Å². The zero-order chi connectivity index (χ0) is 18.6. The van der Waals surface area contributed by atoms with Gasteiger partial charge in [-0.2, -0.15) is 0 Å². The molecule has 0 spiro atoms. The van der Waals surface area contributed by atoms with Gasteiger partial charge in [0.05, 0.1) is 12.7 Å². The monoisotopic (exact) mass is 365 g/mol. The molecule has 144 valence electrons. The molecule has 0 saturated carbocycles. The van der Waals surface area contributed by atoms with E-state index >= 15 is 0 Å². The summed E-state index contributed by atoms with van der Waals surface area (Å²) >= 11 is 0. The third-order valence-corrected chi connectivity index (χ3v) is 6.15. The van der Waals surface area contributed by atoms with E-state index in [1.807, 2.05) is 0 Å². The van der Waals surface area contributed by atoms with E-state index in [1.54, 1.807) is 0 Å². The van der Waals surface area contributed by atoms with Crippen molar-refractivity contribution >= 4 is 0 Å². The average molecular weight is 366 g/mol. The highest BCUT2D eigenvalue weighted by Crippen LogP contribution is 2.36. The Bertz CT molecular complexity index is 778. The van der Waals surface area contributed by atoms with Crippen LogP contribution in [0.25, 0.3) is 11.1 Å². The molecule has 0 bridgehead atoms. The van der Waals surface area contributed by atoms with Gasteiger partial charge in [0.25, 0.3) is 0 Å². The number of aliphatic hydroxyl groups excluding tert-OH is 1. The summed E-state index contributed by atoms with van der Waals surface area (Å²) in [7, 11) is 0. The number of hydrogen-bond donors (Lipinski definition) is 1. The highest BCUT2D eigenvalue weighted by atomic mass is 16.5. The van der Waals surface area contributed by atoms with Gasteiger partial charge in [-0.15, -0.1) is 0 Å². The minimum absolute atomic E-state index is 0.0951. The van der Waals surface area contributed by atoms with E-state index in [0.717, 1.165) is 51.3 Å². The molecular weight excluding hydrogens is 334 g/mol. The van der Waals surface area contributed by atoms with Crippen LogP contribution in [0.1, 0.15) is 42.4 Å². The molecule has 3 nitrogen and oxygen atoms in total. The summed E-state index contributed by atoms with van der Waals surface area (Å²) in [6.45, 7) is 6.00. The Balaban J connectivity index is 1.39. The van der Waals surface area contributed by atoms with Crippen LogP contribution in [0.3, 0.4) is 0 Å². The van der Waals surface area contributed by atoms with Crippen molar-refractivity contribution in [3.63, 3.8) is 0 Å². The lowest BCUT2D eigenvalue weighted by Gasteiger charge is -2.29. The molecule has 0 atom stereocenters. The number of aryl methyl sites for hydroxylation is 1. The van der Waals surface area contributed by atoms with Crippen LogP contribution in [0, 0.1) is 6.92 Å². The van der Waals surface area contributed by atoms with Crippen LogP contribution in [0.2, 0.25) is 0 Å². The molecule has 1 N–H and O–H groups in total. The maximum Gasteiger partial charge on any atom is 0.122 e. The molecule has 0 unspecified atom stereocenters. The molecule has 2 aliphatic rings. The summed E-state index contributed by atoms with van der Waals surface area (Å²) in [5.74, 6) is 1.01. The van der Waals surface area contributed by atoms with Crippen molar-refractivity contribution in [3.05, 3.63) is 53.1 Å². The Morgan fingerprint density at radius 3 is 2.67 bits per heavy atom. The van der Waals surface area contributed by atoms with Crippen molar-refractivity contribution in [1.29, 1.82) is 0 Å². The van der Waals surface area contributed by atoms with Crippen LogP contribution >= 0.6 is 0 Å². The molecule has 3 heteroatoms. The number of benzene rings is 2. The largest absolute Gasteiger partial charge is 0.493 e. The van der Waals surface area contributed by atoms with Gasteiger partial charge in [-0.3, -0.25) is 0 Å². The van der Waals surface area contributed by atoms with Crippen molar-refractivity contribution < 1.29 is 9.84 Å². The van der Waals surface area contributed by atoms with Gasteiger partial charge >= 0.3 is 0 Å². The van der Waals surface area contributed by atoms with E-state index in [2.05, 4.69) is 48.2 Å². The Hall–Kier alpha value is -1.84. The predicted molar refractivity (Wildman–Crippen MR) is 110 cm³/mol.